The van der Waals surface area contributed by atoms with Gasteiger partial charge in [0, 0.05) is 23.7 Å². The molecule has 0 spiro atoms. The number of hydrogen-bond acceptors (Lipinski definition) is 2. The van der Waals surface area contributed by atoms with Crippen molar-refractivity contribution in [3.8, 4) is 0 Å². The summed E-state index contributed by atoms with van der Waals surface area (Å²) >= 11 is 0. The Morgan fingerprint density at radius 2 is 1.48 bits per heavy atom. The van der Waals surface area contributed by atoms with Crippen molar-refractivity contribution in [3.05, 3.63) is 70.8 Å². The van der Waals surface area contributed by atoms with Crippen LogP contribution in [0, 0.1) is 6.92 Å². The van der Waals surface area contributed by atoms with Gasteiger partial charge in [0.15, 0.2) is 0 Å². The average Bonchev–Trinajstić information content (AvgIpc) is 3.38. The Kier molecular flexibility index (Phi) is 4.42. The summed E-state index contributed by atoms with van der Waals surface area (Å²) in [5.41, 5.74) is 3.40. The van der Waals surface area contributed by atoms with Crippen LogP contribution in [0.25, 0.3) is 0 Å². The number of amides is 2. The minimum absolute atomic E-state index is 0.0703. The molecule has 3 rings (SSSR count). The first kappa shape index (κ1) is 15.3. The van der Waals surface area contributed by atoms with Gasteiger partial charge in [-0.15, -0.1) is 0 Å². The first-order chi connectivity index (χ1) is 11.1. The van der Waals surface area contributed by atoms with Gasteiger partial charge in [0.25, 0.3) is 11.8 Å². The van der Waals surface area contributed by atoms with Crippen LogP contribution in [0.2, 0.25) is 0 Å². The van der Waals surface area contributed by atoms with Crippen LogP contribution in [0.4, 0.5) is 0 Å². The van der Waals surface area contributed by atoms with Crippen LogP contribution in [0.1, 0.15) is 44.7 Å². The second kappa shape index (κ2) is 6.65. The van der Waals surface area contributed by atoms with E-state index in [1.54, 1.807) is 24.3 Å². The van der Waals surface area contributed by atoms with Gasteiger partial charge in [-0.05, 0) is 49.6 Å². The summed E-state index contributed by atoms with van der Waals surface area (Å²) in [5, 5.41) is 5.82. The number of carbonyl (C=O) groups excluding carboxylic acids is 2. The molecule has 1 fully saturated rings. The molecule has 2 amide bonds. The Morgan fingerprint density at radius 1 is 0.913 bits per heavy atom. The Hall–Kier alpha value is -2.62. The molecule has 0 unspecified atom stereocenters. The monoisotopic (exact) mass is 308 g/mol. The summed E-state index contributed by atoms with van der Waals surface area (Å²) in [4.78, 5) is 24.0. The van der Waals surface area contributed by atoms with Crippen molar-refractivity contribution >= 4 is 11.8 Å². The molecular formula is C19H20N2O2. The summed E-state index contributed by atoms with van der Waals surface area (Å²) in [6.07, 6.45) is 2.12. The van der Waals surface area contributed by atoms with Crippen LogP contribution in [-0.2, 0) is 6.54 Å². The second-order valence-corrected chi connectivity index (χ2v) is 5.99. The van der Waals surface area contributed by atoms with Crippen LogP contribution in [0.3, 0.4) is 0 Å². The highest BCUT2D eigenvalue weighted by molar-refractivity contribution is 5.97. The molecule has 4 nitrogen and oxygen atoms in total. The van der Waals surface area contributed by atoms with Gasteiger partial charge in [-0.3, -0.25) is 9.59 Å². The van der Waals surface area contributed by atoms with Gasteiger partial charge in [0.05, 0.1) is 0 Å². The zero-order valence-corrected chi connectivity index (χ0v) is 13.1. The van der Waals surface area contributed by atoms with Crippen LogP contribution in [0.15, 0.2) is 48.5 Å². The normalized spacial score (nSPS) is 13.4. The Bertz CT molecular complexity index is 701. The summed E-state index contributed by atoms with van der Waals surface area (Å²) in [5.74, 6) is -0.209. The molecule has 2 N–H and O–H groups in total. The molecule has 0 heterocycles. The molecule has 2 aromatic rings. The zero-order chi connectivity index (χ0) is 16.2. The molecule has 4 heteroatoms. The fraction of sp³-hybridized carbons (Fsp3) is 0.263. The number of hydrogen-bond donors (Lipinski definition) is 2. The van der Waals surface area contributed by atoms with Gasteiger partial charge in [-0.2, -0.15) is 0 Å². The minimum atomic E-state index is -0.139. The molecule has 23 heavy (non-hydrogen) atoms. The number of carbonyl (C=O) groups is 2. The lowest BCUT2D eigenvalue weighted by molar-refractivity contribution is 0.0939. The Morgan fingerprint density at radius 3 is 2.04 bits per heavy atom. The van der Waals surface area contributed by atoms with Gasteiger partial charge in [0.1, 0.15) is 0 Å². The second-order valence-electron chi connectivity index (χ2n) is 5.99. The number of benzene rings is 2. The molecule has 0 aliphatic heterocycles. The maximum absolute atomic E-state index is 12.1. The van der Waals surface area contributed by atoms with Crippen molar-refractivity contribution < 1.29 is 9.59 Å². The summed E-state index contributed by atoms with van der Waals surface area (Å²) in [6, 6.07) is 15.1. The Balaban J connectivity index is 1.56. The number of aryl methyl sites for hydroxylation is 1. The largest absolute Gasteiger partial charge is 0.349 e. The molecule has 118 valence electrons. The molecule has 0 bridgehead atoms. The maximum atomic E-state index is 12.1. The van der Waals surface area contributed by atoms with E-state index in [2.05, 4.69) is 10.6 Å². The van der Waals surface area contributed by atoms with Crippen molar-refractivity contribution in [2.45, 2.75) is 32.4 Å². The van der Waals surface area contributed by atoms with Crippen molar-refractivity contribution in [1.82, 2.24) is 10.6 Å². The molecule has 0 radical (unpaired) electrons. The third-order valence-electron chi connectivity index (χ3n) is 3.90. The van der Waals surface area contributed by atoms with Gasteiger partial charge < -0.3 is 10.6 Å². The predicted molar refractivity (Wildman–Crippen MR) is 89.3 cm³/mol. The molecule has 0 atom stereocenters. The van der Waals surface area contributed by atoms with E-state index in [-0.39, 0.29) is 11.8 Å². The fourth-order valence-corrected chi connectivity index (χ4v) is 2.26. The van der Waals surface area contributed by atoms with Crippen molar-refractivity contribution in [3.63, 3.8) is 0 Å². The van der Waals surface area contributed by atoms with E-state index in [9.17, 15) is 9.59 Å². The number of rotatable bonds is 5. The van der Waals surface area contributed by atoms with Gasteiger partial charge >= 0.3 is 0 Å². The van der Waals surface area contributed by atoms with E-state index in [1.165, 1.54) is 5.56 Å². The number of nitrogens with one attached hydrogen (secondary N) is 2. The van der Waals surface area contributed by atoms with Crippen molar-refractivity contribution in [1.29, 1.82) is 0 Å². The third kappa shape index (κ3) is 4.19. The summed E-state index contributed by atoms with van der Waals surface area (Å²) in [7, 11) is 0. The highest BCUT2D eigenvalue weighted by Crippen LogP contribution is 2.19. The minimum Gasteiger partial charge on any atom is -0.349 e. The molecule has 0 saturated heterocycles. The molecule has 1 saturated carbocycles. The van der Waals surface area contributed by atoms with Crippen LogP contribution >= 0.6 is 0 Å². The highest BCUT2D eigenvalue weighted by atomic mass is 16.2. The molecule has 0 aromatic heterocycles. The first-order valence-corrected chi connectivity index (χ1v) is 7.86. The quantitative estimate of drug-likeness (QED) is 0.892. The molecule has 2 aromatic carbocycles. The van der Waals surface area contributed by atoms with Crippen molar-refractivity contribution in [2.24, 2.45) is 0 Å². The molecule has 1 aliphatic rings. The van der Waals surface area contributed by atoms with E-state index in [4.69, 9.17) is 0 Å². The maximum Gasteiger partial charge on any atom is 0.251 e. The molecule has 1 aliphatic carbocycles. The van der Waals surface area contributed by atoms with Gasteiger partial charge in [-0.1, -0.05) is 29.8 Å². The van der Waals surface area contributed by atoms with Crippen LogP contribution in [0.5, 0.6) is 0 Å². The first-order valence-electron chi connectivity index (χ1n) is 7.86. The standard InChI is InChI=1S/C19H20N2O2/c1-13-2-4-14(5-3-13)12-20-18(22)15-6-8-16(9-7-15)19(23)21-17-10-11-17/h2-9,17H,10-12H2,1H3,(H,20,22)(H,21,23). The lowest BCUT2D eigenvalue weighted by Crippen LogP contribution is -2.26. The van der Waals surface area contributed by atoms with E-state index in [1.807, 2.05) is 31.2 Å². The highest BCUT2D eigenvalue weighted by Gasteiger charge is 2.23. The topological polar surface area (TPSA) is 58.2 Å². The lowest BCUT2D eigenvalue weighted by atomic mass is 10.1. The van der Waals surface area contributed by atoms with E-state index >= 15 is 0 Å². The van der Waals surface area contributed by atoms with E-state index in [0.717, 1.165) is 18.4 Å². The zero-order valence-electron chi connectivity index (χ0n) is 13.1. The van der Waals surface area contributed by atoms with Gasteiger partial charge in [-0.25, -0.2) is 0 Å². The van der Waals surface area contributed by atoms with Crippen LogP contribution in [-0.4, -0.2) is 17.9 Å². The third-order valence-corrected chi connectivity index (χ3v) is 3.90. The Labute approximate surface area is 135 Å². The van der Waals surface area contributed by atoms with E-state index < -0.39 is 0 Å². The SMILES string of the molecule is Cc1ccc(CNC(=O)c2ccc(C(=O)NC3CC3)cc2)cc1. The van der Waals surface area contributed by atoms with Crippen molar-refractivity contribution in [2.75, 3.05) is 0 Å². The molecular weight excluding hydrogens is 288 g/mol. The predicted octanol–water partition coefficient (Wildman–Crippen LogP) is 2.82. The van der Waals surface area contributed by atoms with Gasteiger partial charge in [0.2, 0.25) is 0 Å². The fourth-order valence-electron chi connectivity index (χ4n) is 2.26. The lowest BCUT2D eigenvalue weighted by Gasteiger charge is -2.07. The van der Waals surface area contributed by atoms with E-state index in [0.29, 0.717) is 23.7 Å². The summed E-state index contributed by atoms with van der Waals surface area (Å²) in [6.45, 7) is 2.52. The smallest absolute Gasteiger partial charge is 0.251 e. The summed E-state index contributed by atoms with van der Waals surface area (Å²) < 4.78 is 0. The average molecular weight is 308 g/mol. The van der Waals surface area contributed by atoms with Crippen LogP contribution < -0.4 is 10.6 Å².